The molecule has 0 unspecified atom stereocenters. The molecule has 1 fully saturated rings. The normalized spacial score (nSPS) is 13.8. The van der Waals surface area contributed by atoms with Gasteiger partial charge in [0.1, 0.15) is 11.5 Å². The number of hydrogen-bond acceptors (Lipinski definition) is 5. The predicted molar refractivity (Wildman–Crippen MR) is 125 cm³/mol. The lowest BCUT2D eigenvalue weighted by atomic mass is 10.1. The first-order chi connectivity index (χ1) is 14.1. The Morgan fingerprint density at radius 1 is 0.935 bits per heavy atom. The third-order valence-electron chi connectivity index (χ3n) is 5.17. The number of nitro benzene ring substituents is 1. The van der Waals surface area contributed by atoms with Crippen molar-refractivity contribution >= 4 is 36.2 Å². The van der Waals surface area contributed by atoms with Crippen LogP contribution in [-0.2, 0) is 6.54 Å². The molecule has 0 bridgehead atoms. The van der Waals surface area contributed by atoms with Crippen LogP contribution in [0.1, 0.15) is 5.56 Å². The first-order valence-corrected chi connectivity index (χ1v) is 9.51. The van der Waals surface area contributed by atoms with Crippen LogP contribution in [0.25, 0.3) is 11.1 Å². The van der Waals surface area contributed by atoms with Gasteiger partial charge in [0, 0.05) is 56.7 Å². The Morgan fingerprint density at radius 2 is 1.61 bits per heavy atom. The monoisotopic (exact) mass is 464 g/mol. The SMILES string of the molecule is Cl.Cl.O=[N+]([O-])c1ccccc1N1CCN(Cc2cncc(-c3ccc(F)cc3)c2)CC1. The quantitative estimate of drug-likeness (QED) is 0.394. The summed E-state index contributed by atoms with van der Waals surface area (Å²) in [6, 6.07) is 15.4. The molecule has 3 aromatic rings. The zero-order valence-electron chi connectivity index (χ0n) is 16.7. The number of hydrogen-bond donors (Lipinski definition) is 0. The van der Waals surface area contributed by atoms with E-state index in [1.54, 1.807) is 30.5 Å². The molecule has 6 nitrogen and oxygen atoms in total. The van der Waals surface area contributed by atoms with Gasteiger partial charge in [0.15, 0.2) is 0 Å². The minimum absolute atomic E-state index is 0. The molecule has 0 saturated carbocycles. The minimum Gasteiger partial charge on any atom is -0.363 e. The molecule has 1 aliphatic rings. The van der Waals surface area contributed by atoms with Gasteiger partial charge in [-0.15, -0.1) is 24.8 Å². The second kappa shape index (κ2) is 11.0. The van der Waals surface area contributed by atoms with Gasteiger partial charge in [0.2, 0.25) is 0 Å². The van der Waals surface area contributed by atoms with Crippen molar-refractivity contribution in [2.24, 2.45) is 0 Å². The fourth-order valence-electron chi connectivity index (χ4n) is 3.67. The second-order valence-electron chi connectivity index (χ2n) is 7.10. The van der Waals surface area contributed by atoms with Crippen molar-refractivity contribution < 1.29 is 9.31 Å². The fraction of sp³-hybridized carbons (Fsp3) is 0.227. The van der Waals surface area contributed by atoms with E-state index in [-0.39, 0.29) is 41.2 Å². The Labute approximate surface area is 192 Å². The van der Waals surface area contributed by atoms with Crippen LogP contribution < -0.4 is 4.90 Å². The van der Waals surface area contributed by atoms with E-state index in [2.05, 4.69) is 20.9 Å². The molecule has 9 heteroatoms. The summed E-state index contributed by atoms with van der Waals surface area (Å²) in [5.41, 5.74) is 3.81. The molecule has 0 spiro atoms. The minimum atomic E-state index is -0.325. The van der Waals surface area contributed by atoms with E-state index in [0.29, 0.717) is 5.69 Å². The van der Waals surface area contributed by atoms with Crippen molar-refractivity contribution in [1.29, 1.82) is 0 Å². The Balaban J connectivity index is 0.00000171. The van der Waals surface area contributed by atoms with Gasteiger partial charge >= 0.3 is 0 Å². The lowest BCUT2D eigenvalue weighted by Gasteiger charge is -2.35. The van der Waals surface area contributed by atoms with E-state index in [4.69, 9.17) is 0 Å². The fourth-order valence-corrected chi connectivity index (χ4v) is 3.67. The van der Waals surface area contributed by atoms with E-state index < -0.39 is 0 Å². The van der Waals surface area contributed by atoms with Crippen LogP contribution in [0.15, 0.2) is 67.0 Å². The number of halogens is 3. The van der Waals surface area contributed by atoms with E-state index in [0.717, 1.165) is 49.4 Å². The number of nitrogens with zero attached hydrogens (tertiary/aromatic N) is 4. The maximum absolute atomic E-state index is 13.2. The zero-order valence-corrected chi connectivity index (χ0v) is 18.3. The number of anilines is 1. The highest BCUT2D eigenvalue weighted by Crippen LogP contribution is 2.28. The number of nitro groups is 1. The topological polar surface area (TPSA) is 62.5 Å². The summed E-state index contributed by atoms with van der Waals surface area (Å²) in [5, 5.41) is 11.3. The highest BCUT2D eigenvalue weighted by molar-refractivity contribution is 5.85. The molecule has 0 aliphatic carbocycles. The number of rotatable bonds is 5. The summed E-state index contributed by atoms with van der Waals surface area (Å²) in [7, 11) is 0. The Bertz CT molecular complexity index is 1010. The van der Waals surface area contributed by atoms with Crippen LogP contribution in [-0.4, -0.2) is 41.0 Å². The number of pyridine rings is 1. The van der Waals surface area contributed by atoms with E-state index in [1.165, 1.54) is 12.1 Å². The summed E-state index contributed by atoms with van der Waals surface area (Å²) >= 11 is 0. The highest BCUT2D eigenvalue weighted by atomic mass is 35.5. The van der Waals surface area contributed by atoms with Gasteiger partial charge in [-0.2, -0.15) is 0 Å². The molecule has 0 radical (unpaired) electrons. The molecule has 0 atom stereocenters. The predicted octanol–water partition coefficient (Wildman–Crippen LogP) is 4.96. The van der Waals surface area contributed by atoms with Gasteiger partial charge < -0.3 is 4.90 Å². The van der Waals surface area contributed by atoms with Gasteiger partial charge in [-0.25, -0.2) is 4.39 Å². The maximum atomic E-state index is 13.2. The van der Waals surface area contributed by atoms with Crippen molar-refractivity contribution in [2.45, 2.75) is 6.54 Å². The molecule has 1 aliphatic heterocycles. The van der Waals surface area contributed by atoms with Crippen molar-refractivity contribution in [3.8, 4) is 11.1 Å². The number of para-hydroxylation sites is 2. The lowest BCUT2D eigenvalue weighted by molar-refractivity contribution is -0.384. The van der Waals surface area contributed by atoms with Gasteiger partial charge in [-0.05, 0) is 35.4 Å². The van der Waals surface area contributed by atoms with E-state index in [9.17, 15) is 14.5 Å². The van der Waals surface area contributed by atoms with Crippen LogP contribution in [0.5, 0.6) is 0 Å². The summed E-state index contributed by atoms with van der Waals surface area (Å²) in [6.45, 7) is 3.85. The number of aromatic nitrogens is 1. The number of piperazine rings is 1. The second-order valence-corrected chi connectivity index (χ2v) is 7.10. The van der Waals surface area contributed by atoms with Crippen molar-refractivity contribution in [1.82, 2.24) is 9.88 Å². The molecule has 2 heterocycles. The van der Waals surface area contributed by atoms with E-state index >= 15 is 0 Å². The largest absolute Gasteiger partial charge is 0.363 e. The average molecular weight is 465 g/mol. The van der Waals surface area contributed by atoms with Crippen molar-refractivity contribution in [3.63, 3.8) is 0 Å². The Morgan fingerprint density at radius 3 is 2.29 bits per heavy atom. The molecule has 2 aromatic carbocycles. The molecular weight excluding hydrogens is 442 g/mol. The van der Waals surface area contributed by atoms with Crippen molar-refractivity contribution in [2.75, 3.05) is 31.1 Å². The number of benzene rings is 2. The molecule has 1 saturated heterocycles. The van der Waals surface area contributed by atoms with Gasteiger partial charge in [-0.1, -0.05) is 24.3 Å². The summed E-state index contributed by atoms with van der Waals surface area (Å²) in [5.74, 6) is -0.255. The highest BCUT2D eigenvalue weighted by Gasteiger charge is 2.23. The van der Waals surface area contributed by atoms with Crippen LogP contribution >= 0.6 is 24.8 Å². The van der Waals surface area contributed by atoms with Crippen LogP contribution in [0, 0.1) is 15.9 Å². The first kappa shape index (κ1) is 24.5. The summed E-state index contributed by atoms with van der Waals surface area (Å²) < 4.78 is 13.2. The van der Waals surface area contributed by atoms with Gasteiger partial charge in [0.05, 0.1) is 4.92 Å². The molecule has 0 amide bonds. The van der Waals surface area contributed by atoms with Crippen LogP contribution in [0.3, 0.4) is 0 Å². The van der Waals surface area contributed by atoms with Crippen LogP contribution in [0.2, 0.25) is 0 Å². The molecular formula is C22H23Cl2FN4O2. The molecule has 164 valence electrons. The average Bonchev–Trinajstić information content (AvgIpc) is 2.75. The molecule has 0 N–H and O–H groups in total. The third kappa shape index (κ3) is 5.91. The lowest BCUT2D eigenvalue weighted by Crippen LogP contribution is -2.46. The van der Waals surface area contributed by atoms with Crippen molar-refractivity contribution in [3.05, 3.63) is 88.5 Å². The first-order valence-electron chi connectivity index (χ1n) is 9.51. The smallest absolute Gasteiger partial charge is 0.292 e. The van der Waals surface area contributed by atoms with Gasteiger partial charge in [0.25, 0.3) is 5.69 Å². The maximum Gasteiger partial charge on any atom is 0.292 e. The molecule has 31 heavy (non-hydrogen) atoms. The third-order valence-corrected chi connectivity index (χ3v) is 5.17. The van der Waals surface area contributed by atoms with E-state index in [1.807, 2.05) is 18.3 Å². The summed E-state index contributed by atoms with van der Waals surface area (Å²) in [4.78, 5) is 19.7. The Kier molecular flexibility index (Phi) is 8.74. The summed E-state index contributed by atoms with van der Waals surface area (Å²) in [6.07, 6.45) is 3.63. The Hall–Kier alpha value is -2.74. The van der Waals surface area contributed by atoms with Crippen LogP contribution in [0.4, 0.5) is 15.8 Å². The molecule has 1 aromatic heterocycles. The zero-order chi connectivity index (χ0) is 20.2. The standard InChI is InChI=1S/C22H21FN4O2.2ClH/c23-20-7-5-18(6-8-20)19-13-17(14-24-15-19)16-25-9-11-26(12-10-25)21-3-1-2-4-22(21)27(28)29;;/h1-8,13-15H,9-12,16H2;2*1H. The molecule has 4 rings (SSSR count). The van der Waals surface area contributed by atoms with Gasteiger partial charge in [-0.3, -0.25) is 20.0 Å².